The highest BCUT2D eigenvalue weighted by atomic mass is 16.6. The lowest BCUT2D eigenvalue weighted by atomic mass is 10.1. The molecule has 3 unspecified atom stereocenters. The molecule has 0 radical (unpaired) electrons. The van der Waals surface area contributed by atoms with Crippen molar-refractivity contribution in [2.24, 2.45) is 5.73 Å². The Kier molecular flexibility index (Phi) is 1.22. The van der Waals surface area contributed by atoms with E-state index in [-0.39, 0.29) is 6.04 Å². The van der Waals surface area contributed by atoms with Crippen LogP contribution in [0.2, 0.25) is 0 Å². The Morgan fingerprint density at radius 3 is 2.56 bits per heavy atom. The van der Waals surface area contributed by atoms with Gasteiger partial charge in [-0.05, 0) is 6.42 Å². The molecule has 2 heterocycles. The molecule has 2 N–H and O–H groups in total. The summed E-state index contributed by atoms with van der Waals surface area (Å²) in [4.78, 5) is 0. The normalized spacial score (nSPS) is 42.3. The van der Waals surface area contributed by atoms with E-state index in [0.717, 1.165) is 19.6 Å². The van der Waals surface area contributed by atoms with Gasteiger partial charge in [0, 0.05) is 6.04 Å². The van der Waals surface area contributed by atoms with Crippen LogP contribution < -0.4 is 5.73 Å². The molecule has 52 valence electrons. The second-order valence-corrected chi connectivity index (χ2v) is 2.73. The average molecular weight is 129 g/mol. The third-order valence-electron chi connectivity index (χ3n) is 1.77. The molecule has 0 aromatic carbocycles. The minimum absolute atomic E-state index is 0.220. The van der Waals surface area contributed by atoms with Crippen molar-refractivity contribution in [1.82, 2.24) is 0 Å². The fraction of sp³-hybridized carbons (Fsp3) is 1.00. The van der Waals surface area contributed by atoms with Gasteiger partial charge in [0.1, 0.15) is 0 Å². The number of epoxide rings is 2. The van der Waals surface area contributed by atoms with Crippen LogP contribution in [0, 0.1) is 0 Å². The zero-order valence-corrected chi connectivity index (χ0v) is 5.25. The summed E-state index contributed by atoms with van der Waals surface area (Å²) in [7, 11) is 0. The quantitative estimate of drug-likeness (QED) is 0.523. The van der Waals surface area contributed by atoms with Gasteiger partial charge in [0.2, 0.25) is 0 Å². The smallest absolute Gasteiger partial charge is 0.0961 e. The van der Waals surface area contributed by atoms with Crippen molar-refractivity contribution < 1.29 is 9.47 Å². The Balaban J connectivity index is 1.69. The number of hydrogen-bond donors (Lipinski definition) is 1. The maximum atomic E-state index is 5.71. The van der Waals surface area contributed by atoms with Gasteiger partial charge in [0.15, 0.2) is 0 Å². The van der Waals surface area contributed by atoms with E-state index in [1.54, 1.807) is 0 Å². The van der Waals surface area contributed by atoms with Gasteiger partial charge in [-0.3, -0.25) is 0 Å². The first-order chi connectivity index (χ1) is 4.36. The van der Waals surface area contributed by atoms with Crippen molar-refractivity contribution in [1.29, 1.82) is 0 Å². The van der Waals surface area contributed by atoms with E-state index in [4.69, 9.17) is 15.2 Å². The summed E-state index contributed by atoms with van der Waals surface area (Å²) in [6.45, 7) is 1.76. The van der Waals surface area contributed by atoms with E-state index in [2.05, 4.69) is 0 Å². The lowest BCUT2D eigenvalue weighted by Crippen LogP contribution is -2.28. The molecular weight excluding hydrogens is 118 g/mol. The van der Waals surface area contributed by atoms with E-state index < -0.39 is 0 Å². The molecule has 0 aromatic heterocycles. The maximum Gasteiger partial charge on any atom is 0.0961 e. The summed E-state index contributed by atoms with van der Waals surface area (Å²) in [6, 6.07) is 0.220. The molecule has 0 bridgehead atoms. The van der Waals surface area contributed by atoms with Crippen LogP contribution >= 0.6 is 0 Å². The van der Waals surface area contributed by atoms with Gasteiger partial charge >= 0.3 is 0 Å². The highest BCUT2D eigenvalue weighted by molar-refractivity contribution is 4.86. The molecule has 0 aromatic rings. The monoisotopic (exact) mass is 129 g/mol. The zero-order chi connectivity index (χ0) is 6.27. The molecule has 2 fully saturated rings. The predicted molar refractivity (Wildman–Crippen MR) is 32.1 cm³/mol. The first-order valence-electron chi connectivity index (χ1n) is 3.35. The molecule has 3 heteroatoms. The SMILES string of the molecule is NC(CC1CO1)C1CO1. The number of rotatable bonds is 3. The van der Waals surface area contributed by atoms with Crippen molar-refractivity contribution in [3.8, 4) is 0 Å². The van der Waals surface area contributed by atoms with Crippen LogP contribution in [0.25, 0.3) is 0 Å². The van der Waals surface area contributed by atoms with Crippen molar-refractivity contribution in [3.05, 3.63) is 0 Å². The Morgan fingerprint density at radius 2 is 2.11 bits per heavy atom. The van der Waals surface area contributed by atoms with Crippen LogP contribution in [0.5, 0.6) is 0 Å². The minimum Gasteiger partial charge on any atom is -0.373 e. The summed E-state index contributed by atoms with van der Waals surface area (Å²) in [5.74, 6) is 0. The Labute approximate surface area is 54.1 Å². The van der Waals surface area contributed by atoms with E-state index >= 15 is 0 Å². The zero-order valence-electron chi connectivity index (χ0n) is 5.25. The van der Waals surface area contributed by atoms with Crippen molar-refractivity contribution in [2.75, 3.05) is 13.2 Å². The van der Waals surface area contributed by atoms with Gasteiger partial charge in [0.05, 0.1) is 25.4 Å². The first kappa shape index (κ1) is 5.65. The third-order valence-corrected chi connectivity index (χ3v) is 1.77. The molecule has 0 spiro atoms. The van der Waals surface area contributed by atoms with Crippen molar-refractivity contribution in [2.45, 2.75) is 24.7 Å². The summed E-state index contributed by atoms with van der Waals surface area (Å²) >= 11 is 0. The average Bonchev–Trinajstić information content (AvgIpc) is 2.62. The maximum absolute atomic E-state index is 5.71. The number of nitrogens with two attached hydrogens (primary N) is 1. The Morgan fingerprint density at radius 1 is 1.44 bits per heavy atom. The lowest BCUT2D eigenvalue weighted by molar-refractivity contribution is 0.330. The lowest BCUT2D eigenvalue weighted by Gasteiger charge is -2.03. The predicted octanol–water partition coefficient (Wildman–Crippen LogP) is -0.499. The third kappa shape index (κ3) is 1.41. The molecule has 9 heavy (non-hydrogen) atoms. The molecule has 2 saturated heterocycles. The van der Waals surface area contributed by atoms with E-state index in [1.807, 2.05) is 0 Å². The van der Waals surface area contributed by atoms with E-state index in [1.165, 1.54) is 0 Å². The minimum atomic E-state index is 0.220. The summed E-state index contributed by atoms with van der Waals surface area (Å²) in [5.41, 5.74) is 5.71. The topological polar surface area (TPSA) is 51.1 Å². The molecule has 2 aliphatic rings. The molecule has 2 rings (SSSR count). The van der Waals surface area contributed by atoms with Gasteiger partial charge < -0.3 is 15.2 Å². The van der Waals surface area contributed by atoms with Crippen LogP contribution in [-0.4, -0.2) is 31.5 Å². The first-order valence-corrected chi connectivity index (χ1v) is 3.35. The molecule has 0 aliphatic carbocycles. The number of ether oxygens (including phenoxy) is 2. The summed E-state index contributed by atoms with van der Waals surface area (Å²) in [6.07, 6.45) is 1.77. The molecule has 3 nitrogen and oxygen atoms in total. The van der Waals surface area contributed by atoms with Crippen LogP contribution in [0.4, 0.5) is 0 Å². The standard InChI is InChI=1S/C6H11NO2/c7-5(6-3-9-6)1-4-2-8-4/h4-6H,1-3,7H2. The molecular formula is C6H11NO2. The molecule has 2 aliphatic heterocycles. The Bertz CT molecular complexity index is 110. The van der Waals surface area contributed by atoms with Crippen molar-refractivity contribution >= 4 is 0 Å². The largest absolute Gasteiger partial charge is 0.373 e. The summed E-state index contributed by atoms with van der Waals surface area (Å²) < 4.78 is 10.0. The second-order valence-electron chi connectivity index (χ2n) is 2.73. The van der Waals surface area contributed by atoms with Crippen molar-refractivity contribution in [3.63, 3.8) is 0 Å². The van der Waals surface area contributed by atoms with Gasteiger partial charge in [-0.25, -0.2) is 0 Å². The summed E-state index contributed by atoms with van der Waals surface area (Å²) in [5, 5.41) is 0. The number of hydrogen-bond acceptors (Lipinski definition) is 3. The van der Waals surface area contributed by atoms with E-state index in [0.29, 0.717) is 12.2 Å². The van der Waals surface area contributed by atoms with Gasteiger partial charge in [-0.1, -0.05) is 0 Å². The van der Waals surface area contributed by atoms with Crippen LogP contribution in [-0.2, 0) is 9.47 Å². The fourth-order valence-corrected chi connectivity index (χ4v) is 0.962. The van der Waals surface area contributed by atoms with Gasteiger partial charge in [-0.2, -0.15) is 0 Å². The van der Waals surface area contributed by atoms with Gasteiger partial charge in [-0.15, -0.1) is 0 Å². The Hall–Kier alpha value is -0.120. The fourth-order valence-electron chi connectivity index (χ4n) is 0.962. The van der Waals surface area contributed by atoms with Crippen LogP contribution in [0.1, 0.15) is 6.42 Å². The van der Waals surface area contributed by atoms with Crippen LogP contribution in [0.3, 0.4) is 0 Å². The molecule has 3 atom stereocenters. The van der Waals surface area contributed by atoms with E-state index in [9.17, 15) is 0 Å². The molecule has 0 saturated carbocycles. The molecule has 0 amide bonds. The van der Waals surface area contributed by atoms with Gasteiger partial charge in [0.25, 0.3) is 0 Å². The highest BCUT2D eigenvalue weighted by Gasteiger charge is 2.35. The van der Waals surface area contributed by atoms with Crippen LogP contribution in [0.15, 0.2) is 0 Å². The second kappa shape index (κ2) is 1.94. The highest BCUT2D eigenvalue weighted by Crippen LogP contribution is 2.21.